The quantitative estimate of drug-likeness (QED) is 0.766. The highest BCUT2D eigenvalue weighted by Gasteiger charge is 2.27. The fourth-order valence-corrected chi connectivity index (χ4v) is 3.04. The van der Waals surface area contributed by atoms with Crippen LogP contribution in [0.3, 0.4) is 0 Å². The summed E-state index contributed by atoms with van der Waals surface area (Å²) in [6, 6.07) is 1.53. The van der Waals surface area contributed by atoms with Crippen molar-refractivity contribution in [3.8, 4) is 0 Å². The molecule has 3 heteroatoms. The molecule has 2 aliphatic heterocycles. The van der Waals surface area contributed by atoms with E-state index in [2.05, 4.69) is 36.3 Å². The van der Waals surface area contributed by atoms with Crippen LogP contribution in [-0.4, -0.2) is 48.7 Å². The van der Waals surface area contributed by atoms with Gasteiger partial charge in [0.15, 0.2) is 0 Å². The van der Waals surface area contributed by atoms with Crippen LogP contribution >= 0.6 is 0 Å². The number of piperidine rings is 2. The van der Waals surface area contributed by atoms with Gasteiger partial charge in [-0.25, -0.2) is 0 Å². The molecule has 0 spiro atoms. The summed E-state index contributed by atoms with van der Waals surface area (Å²) < 4.78 is 0. The Morgan fingerprint density at radius 3 is 2.00 bits per heavy atom. The van der Waals surface area contributed by atoms with Crippen LogP contribution in [0, 0.1) is 0 Å². The molecule has 2 rings (SSSR count). The predicted molar refractivity (Wildman–Crippen MR) is 73.4 cm³/mol. The third-order valence-corrected chi connectivity index (χ3v) is 4.25. The lowest BCUT2D eigenvalue weighted by Crippen LogP contribution is -2.52. The van der Waals surface area contributed by atoms with E-state index in [1.807, 2.05) is 0 Å². The molecule has 0 aliphatic carbocycles. The topological polar surface area (TPSA) is 27.3 Å². The minimum absolute atomic E-state index is 0.347. The Balaban J connectivity index is 1.71. The predicted octanol–water partition coefficient (Wildman–Crippen LogP) is 1.59. The van der Waals surface area contributed by atoms with Crippen LogP contribution in [0.15, 0.2) is 0 Å². The highest BCUT2D eigenvalue weighted by atomic mass is 15.2. The van der Waals surface area contributed by atoms with E-state index >= 15 is 0 Å². The number of rotatable bonds is 2. The highest BCUT2D eigenvalue weighted by Crippen LogP contribution is 2.20. The molecule has 0 bridgehead atoms. The number of nitrogens with one attached hydrogen (secondary N) is 2. The molecule has 0 saturated carbocycles. The normalized spacial score (nSPS) is 26.3. The van der Waals surface area contributed by atoms with Gasteiger partial charge in [-0.3, -0.25) is 4.90 Å². The zero-order chi connectivity index (χ0) is 12.3. The van der Waals surface area contributed by atoms with Crippen LogP contribution in [0.4, 0.5) is 0 Å². The van der Waals surface area contributed by atoms with Crippen molar-refractivity contribution in [1.82, 2.24) is 15.5 Å². The lowest BCUT2D eigenvalue weighted by atomic mass is 9.96. The molecule has 3 nitrogen and oxygen atoms in total. The number of hydrogen-bond donors (Lipinski definition) is 2. The first kappa shape index (κ1) is 13.3. The Labute approximate surface area is 106 Å². The van der Waals surface area contributed by atoms with E-state index in [1.165, 1.54) is 51.9 Å². The second-order valence-electron chi connectivity index (χ2n) is 6.62. The van der Waals surface area contributed by atoms with Crippen molar-refractivity contribution in [3.63, 3.8) is 0 Å². The van der Waals surface area contributed by atoms with E-state index in [-0.39, 0.29) is 0 Å². The summed E-state index contributed by atoms with van der Waals surface area (Å²) in [5, 5.41) is 7.29. The maximum Gasteiger partial charge on any atom is 0.0125 e. The van der Waals surface area contributed by atoms with Crippen LogP contribution in [0.2, 0.25) is 0 Å². The van der Waals surface area contributed by atoms with Crippen LogP contribution < -0.4 is 10.6 Å². The summed E-state index contributed by atoms with van der Waals surface area (Å²) in [5.41, 5.74) is 0.347. The average molecular weight is 239 g/mol. The lowest BCUT2D eigenvalue weighted by Gasteiger charge is -2.42. The van der Waals surface area contributed by atoms with Gasteiger partial charge in [0.25, 0.3) is 0 Å². The molecule has 0 amide bonds. The van der Waals surface area contributed by atoms with Crippen molar-refractivity contribution >= 4 is 0 Å². The first-order valence-corrected chi connectivity index (χ1v) is 7.27. The van der Waals surface area contributed by atoms with Gasteiger partial charge in [0.1, 0.15) is 0 Å². The van der Waals surface area contributed by atoms with E-state index in [0.717, 1.165) is 12.1 Å². The molecule has 2 aliphatic rings. The zero-order valence-corrected chi connectivity index (χ0v) is 11.8. The summed E-state index contributed by atoms with van der Waals surface area (Å²) in [7, 11) is 0. The van der Waals surface area contributed by atoms with Crippen LogP contribution in [0.5, 0.6) is 0 Å². The Morgan fingerprint density at radius 2 is 1.47 bits per heavy atom. The Morgan fingerprint density at radius 1 is 0.941 bits per heavy atom. The van der Waals surface area contributed by atoms with Crippen LogP contribution in [0.1, 0.15) is 46.5 Å². The van der Waals surface area contributed by atoms with Crippen LogP contribution in [0.25, 0.3) is 0 Å². The molecule has 100 valence electrons. The maximum absolute atomic E-state index is 3.86. The Hall–Kier alpha value is -0.120. The summed E-state index contributed by atoms with van der Waals surface area (Å²) in [5.74, 6) is 0. The van der Waals surface area contributed by atoms with Gasteiger partial charge >= 0.3 is 0 Å². The molecule has 0 aromatic heterocycles. The van der Waals surface area contributed by atoms with Crippen LogP contribution in [-0.2, 0) is 0 Å². The van der Waals surface area contributed by atoms with Gasteiger partial charge < -0.3 is 10.6 Å². The molecule has 0 radical (unpaired) electrons. The number of likely N-dealkylation sites (tertiary alicyclic amines) is 1. The molecular formula is C14H29N3. The second kappa shape index (κ2) is 5.68. The van der Waals surface area contributed by atoms with E-state index in [4.69, 9.17) is 0 Å². The third-order valence-electron chi connectivity index (χ3n) is 4.25. The summed E-state index contributed by atoms with van der Waals surface area (Å²) in [6.45, 7) is 11.9. The highest BCUT2D eigenvalue weighted by molar-refractivity contribution is 4.86. The third kappa shape index (κ3) is 3.94. The van der Waals surface area contributed by atoms with Crippen molar-refractivity contribution in [3.05, 3.63) is 0 Å². The van der Waals surface area contributed by atoms with Crippen molar-refractivity contribution in [1.29, 1.82) is 0 Å². The molecular weight excluding hydrogens is 210 g/mol. The van der Waals surface area contributed by atoms with Crippen molar-refractivity contribution in [2.45, 2.75) is 64.1 Å². The summed E-state index contributed by atoms with van der Waals surface area (Å²) in [6.07, 6.45) is 5.25. The van der Waals surface area contributed by atoms with Gasteiger partial charge in [0.05, 0.1) is 0 Å². The summed E-state index contributed by atoms with van der Waals surface area (Å²) >= 11 is 0. The molecule has 2 N–H and O–H groups in total. The first-order valence-electron chi connectivity index (χ1n) is 7.27. The molecule has 2 fully saturated rings. The minimum atomic E-state index is 0.347. The maximum atomic E-state index is 3.86. The minimum Gasteiger partial charge on any atom is -0.317 e. The van der Waals surface area contributed by atoms with Crippen molar-refractivity contribution < 1.29 is 0 Å². The fraction of sp³-hybridized carbons (Fsp3) is 1.00. The molecule has 0 unspecified atom stereocenters. The first-order chi connectivity index (χ1) is 8.05. The molecule has 0 atom stereocenters. The van der Waals surface area contributed by atoms with E-state index < -0.39 is 0 Å². The SMILES string of the molecule is CC(C)(C)N1CCC(NC2CCNCC2)CC1. The van der Waals surface area contributed by atoms with E-state index in [1.54, 1.807) is 0 Å². The second-order valence-corrected chi connectivity index (χ2v) is 6.62. The monoisotopic (exact) mass is 239 g/mol. The van der Waals surface area contributed by atoms with Gasteiger partial charge in [-0.2, -0.15) is 0 Å². The van der Waals surface area contributed by atoms with Crippen molar-refractivity contribution in [2.24, 2.45) is 0 Å². The zero-order valence-electron chi connectivity index (χ0n) is 11.8. The van der Waals surface area contributed by atoms with Gasteiger partial charge in [-0.05, 0) is 59.5 Å². The molecule has 0 aromatic rings. The standard InChI is InChI=1S/C14H29N3/c1-14(2,3)17-10-6-13(7-11-17)16-12-4-8-15-9-5-12/h12-13,15-16H,4-11H2,1-3H3. The Kier molecular flexibility index (Phi) is 4.45. The van der Waals surface area contributed by atoms with Gasteiger partial charge in [0.2, 0.25) is 0 Å². The van der Waals surface area contributed by atoms with E-state index in [0.29, 0.717) is 5.54 Å². The summed E-state index contributed by atoms with van der Waals surface area (Å²) in [4.78, 5) is 2.62. The van der Waals surface area contributed by atoms with E-state index in [9.17, 15) is 0 Å². The van der Waals surface area contributed by atoms with Gasteiger partial charge in [-0.1, -0.05) is 0 Å². The molecule has 17 heavy (non-hydrogen) atoms. The smallest absolute Gasteiger partial charge is 0.0125 e. The van der Waals surface area contributed by atoms with Gasteiger partial charge in [0, 0.05) is 30.7 Å². The molecule has 2 heterocycles. The average Bonchev–Trinajstić information content (AvgIpc) is 2.30. The van der Waals surface area contributed by atoms with Gasteiger partial charge in [-0.15, -0.1) is 0 Å². The Bertz CT molecular complexity index is 220. The van der Waals surface area contributed by atoms with Crippen molar-refractivity contribution in [2.75, 3.05) is 26.2 Å². The number of nitrogens with zero attached hydrogens (tertiary/aromatic N) is 1. The largest absolute Gasteiger partial charge is 0.317 e. The molecule has 0 aromatic carbocycles. The fourth-order valence-electron chi connectivity index (χ4n) is 3.04. The lowest BCUT2D eigenvalue weighted by molar-refractivity contribution is 0.0925. The molecule has 2 saturated heterocycles. The number of hydrogen-bond acceptors (Lipinski definition) is 3.